The topological polar surface area (TPSA) is 72.0 Å². The fourth-order valence-corrected chi connectivity index (χ4v) is 3.51. The summed E-state index contributed by atoms with van der Waals surface area (Å²) in [4.78, 5) is 21.4. The molecule has 0 atom stereocenters. The highest BCUT2D eigenvalue weighted by atomic mass is 16.2. The molecule has 2 aliphatic rings. The number of guanidine groups is 1. The number of carbonyl (C=O) groups is 1. The Hall–Kier alpha value is -2.12. The number of amides is 1. The summed E-state index contributed by atoms with van der Waals surface area (Å²) in [7, 11) is 0. The average Bonchev–Trinajstić information content (AvgIpc) is 3.58. The third-order valence-corrected chi connectivity index (χ3v) is 5.41. The van der Waals surface area contributed by atoms with Crippen molar-refractivity contribution in [1.82, 2.24) is 25.8 Å². The minimum atomic E-state index is 0.195. The molecule has 1 aromatic carbocycles. The third-order valence-electron chi connectivity index (χ3n) is 5.41. The quantitative estimate of drug-likeness (QED) is 0.309. The van der Waals surface area contributed by atoms with E-state index < -0.39 is 0 Å². The lowest BCUT2D eigenvalue weighted by Crippen LogP contribution is -2.47. The lowest BCUT2D eigenvalue weighted by Gasteiger charge is -2.34. The monoisotopic (exact) mass is 400 g/mol. The Bertz CT molecular complexity index is 638. The van der Waals surface area contributed by atoms with Crippen molar-refractivity contribution in [1.29, 1.82) is 0 Å². The van der Waals surface area contributed by atoms with E-state index in [0.29, 0.717) is 13.1 Å². The van der Waals surface area contributed by atoms with Gasteiger partial charge in [0.1, 0.15) is 0 Å². The van der Waals surface area contributed by atoms with E-state index in [1.54, 1.807) is 0 Å². The van der Waals surface area contributed by atoms with E-state index in [0.717, 1.165) is 71.2 Å². The molecule has 0 aromatic heterocycles. The molecule has 29 heavy (non-hydrogen) atoms. The van der Waals surface area contributed by atoms with Crippen LogP contribution >= 0.6 is 0 Å². The highest BCUT2D eigenvalue weighted by molar-refractivity contribution is 5.81. The van der Waals surface area contributed by atoms with Crippen molar-refractivity contribution in [2.45, 2.75) is 26.3 Å². The van der Waals surface area contributed by atoms with Gasteiger partial charge in [0, 0.05) is 64.8 Å². The van der Waals surface area contributed by atoms with Crippen molar-refractivity contribution in [3.05, 3.63) is 35.9 Å². The number of benzene rings is 1. The Morgan fingerprint density at radius 1 is 1.00 bits per heavy atom. The van der Waals surface area contributed by atoms with Gasteiger partial charge < -0.3 is 16.0 Å². The molecule has 3 N–H and O–H groups in total. The van der Waals surface area contributed by atoms with Gasteiger partial charge in [-0.15, -0.1) is 0 Å². The maximum Gasteiger partial charge on any atom is 0.223 e. The molecule has 0 radical (unpaired) electrons. The van der Waals surface area contributed by atoms with Crippen LogP contribution in [0, 0.1) is 5.92 Å². The van der Waals surface area contributed by atoms with Crippen LogP contribution in [0.2, 0.25) is 0 Å². The van der Waals surface area contributed by atoms with Gasteiger partial charge in [-0.3, -0.25) is 19.6 Å². The van der Waals surface area contributed by atoms with Gasteiger partial charge in [-0.25, -0.2) is 0 Å². The van der Waals surface area contributed by atoms with Crippen molar-refractivity contribution in [2.24, 2.45) is 10.9 Å². The minimum Gasteiger partial charge on any atom is -0.357 e. The summed E-state index contributed by atoms with van der Waals surface area (Å²) >= 11 is 0. The van der Waals surface area contributed by atoms with Crippen LogP contribution in [0.1, 0.15) is 25.3 Å². The number of nitrogens with one attached hydrogen (secondary N) is 3. The molecule has 7 nitrogen and oxygen atoms in total. The van der Waals surface area contributed by atoms with Crippen LogP contribution in [0.4, 0.5) is 0 Å². The molecule has 1 saturated carbocycles. The zero-order valence-corrected chi connectivity index (χ0v) is 17.7. The summed E-state index contributed by atoms with van der Waals surface area (Å²) in [5.74, 6) is 1.29. The summed E-state index contributed by atoms with van der Waals surface area (Å²) < 4.78 is 0. The number of carbonyl (C=O) groups excluding carboxylic acids is 1. The lowest BCUT2D eigenvalue weighted by atomic mass is 10.2. The molecule has 0 spiro atoms. The summed E-state index contributed by atoms with van der Waals surface area (Å²) in [6.07, 6.45) is 2.09. The number of aliphatic imine (C=N–C) groups is 1. The summed E-state index contributed by atoms with van der Waals surface area (Å²) in [5, 5.41) is 9.56. The lowest BCUT2D eigenvalue weighted by molar-refractivity contribution is -0.122. The van der Waals surface area contributed by atoms with Gasteiger partial charge in [0.25, 0.3) is 0 Å². The first-order valence-electron chi connectivity index (χ1n) is 11.0. The second kappa shape index (κ2) is 11.8. The molecule has 3 rings (SSSR count). The molecular formula is C22H36N6O. The van der Waals surface area contributed by atoms with E-state index in [9.17, 15) is 4.79 Å². The Labute approximate surface area is 174 Å². The van der Waals surface area contributed by atoms with Crippen molar-refractivity contribution in [3.63, 3.8) is 0 Å². The first-order valence-corrected chi connectivity index (χ1v) is 11.0. The standard InChI is InChI=1S/C22H36N6O/c1-2-23-22(25-11-10-24-21(29)20-8-9-20)26-12-13-27-14-16-28(17-15-27)18-19-6-4-3-5-7-19/h3-7,20H,2,8-18H2,1H3,(H,24,29)(H2,23,25,26). The van der Waals surface area contributed by atoms with Crippen molar-refractivity contribution in [2.75, 3.05) is 58.9 Å². The number of nitrogens with zero attached hydrogens (tertiary/aromatic N) is 3. The Kier molecular flexibility index (Phi) is 8.77. The SMILES string of the molecule is CCNC(=NCCN1CCN(Cc2ccccc2)CC1)NCCNC(=O)C1CC1. The number of piperazine rings is 1. The second-order valence-corrected chi connectivity index (χ2v) is 7.86. The summed E-state index contributed by atoms with van der Waals surface area (Å²) in [6, 6.07) is 10.7. The molecular weight excluding hydrogens is 364 g/mol. The molecule has 0 bridgehead atoms. The maximum atomic E-state index is 11.7. The average molecular weight is 401 g/mol. The molecule has 1 aliphatic carbocycles. The van der Waals surface area contributed by atoms with Crippen molar-refractivity contribution < 1.29 is 4.79 Å². The molecule has 1 aliphatic heterocycles. The largest absolute Gasteiger partial charge is 0.357 e. The van der Waals surface area contributed by atoms with E-state index >= 15 is 0 Å². The molecule has 7 heteroatoms. The van der Waals surface area contributed by atoms with Crippen molar-refractivity contribution >= 4 is 11.9 Å². The fraction of sp³-hybridized carbons (Fsp3) is 0.636. The van der Waals surface area contributed by atoms with Crippen LogP contribution < -0.4 is 16.0 Å². The van der Waals surface area contributed by atoms with Crippen LogP contribution in [0.25, 0.3) is 0 Å². The van der Waals surface area contributed by atoms with Gasteiger partial charge in [-0.2, -0.15) is 0 Å². The minimum absolute atomic E-state index is 0.195. The van der Waals surface area contributed by atoms with Crippen LogP contribution in [-0.2, 0) is 11.3 Å². The van der Waals surface area contributed by atoms with E-state index in [1.165, 1.54) is 5.56 Å². The Morgan fingerprint density at radius 2 is 1.69 bits per heavy atom. The van der Waals surface area contributed by atoms with Crippen LogP contribution in [-0.4, -0.2) is 80.6 Å². The molecule has 0 unspecified atom stereocenters. The number of hydrogen-bond donors (Lipinski definition) is 3. The predicted molar refractivity (Wildman–Crippen MR) is 118 cm³/mol. The van der Waals surface area contributed by atoms with E-state index in [4.69, 9.17) is 0 Å². The third kappa shape index (κ3) is 8.03. The van der Waals surface area contributed by atoms with Gasteiger partial charge >= 0.3 is 0 Å². The van der Waals surface area contributed by atoms with E-state index in [-0.39, 0.29) is 11.8 Å². The van der Waals surface area contributed by atoms with E-state index in [1.807, 2.05) is 0 Å². The highest BCUT2D eigenvalue weighted by Gasteiger charge is 2.28. The first-order chi connectivity index (χ1) is 14.2. The van der Waals surface area contributed by atoms with Gasteiger partial charge in [-0.05, 0) is 25.3 Å². The zero-order valence-electron chi connectivity index (χ0n) is 17.7. The zero-order chi connectivity index (χ0) is 20.3. The molecule has 1 amide bonds. The summed E-state index contributed by atoms with van der Waals surface area (Å²) in [6.45, 7) is 11.4. The van der Waals surface area contributed by atoms with Crippen LogP contribution in [0.15, 0.2) is 35.3 Å². The first kappa shape index (κ1) is 21.6. The van der Waals surface area contributed by atoms with E-state index in [2.05, 4.69) is 68.0 Å². The molecule has 2 fully saturated rings. The Morgan fingerprint density at radius 3 is 2.38 bits per heavy atom. The fourth-order valence-electron chi connectivity index (χ4n) is 3.51. The van der Waals surface area contributed by atoms with Crippen molar-refractivity contribution in [3.8, 4) is 0 Å². The number of hydrogen-bond acceptors (Lipinski definition) is 4. The molecule has 1 saturated heterocycles. The smallest absolute Gasteiger partial charge is 0.223 e. The second-order valence-electron chi connectivity index (χ2n) is 7.86. The highest BCUT2D eigenvalue weighted by Crippen LogP contribution is 2.28. The maximum absolute atomic E-state index is 11.7. The van der Waals surface area contributed by atoms with Crippen LogP contribution in [0.3, 0.4) is 0 Å². The molecule has 1 aromatic rings. The van der Waals surface area contributed by atoms with Gasteiger partial charge in [0.2, 0.25) is 5.91 Å². The molecule has 160 valence electrons. The number of rotatable bonds is 10. The van der Waals surface area contributed by atoms with Gasteiger partial charge in [-0.1, -0.05) is 30.3 Å². The summed E-state index contributed by atoms with van der Waals surface area (Å²) in [5.41, 5.74) is 1.39. The molecule has 1 heterocycles. The predicted octanol–water partition coefficient (Wildman–Crippen LogP) is 0.886. The normalized spacial score (nSPS) is 18.4. The Balaban J connectivity index is 1.30. The van der Waals surface area contributed by atoms with Crippen LogP contribution in [0.5, 0.6) is 0 Å². The van der Waals surface area contributed by atoms with Gasteiger partial charge in [0.15, 0.2) is 5.96 Å². The van der Waals surface area contributed by atoms with Gasteiger partial charge in [0.05, 0.1) is 6.54 Å².